The molecule has 0 unspecified atom stereocenters. The molecule has 0 radical (unpaired) electrons. The number of nitrogens with two attached hydrogens (primary N) is 1. The fraction of sp³-hybridized carbons (Fsp3) is 0.125. The van der Waals surface area contributed by atoms with Gasteiger partial charge in [0.05, 0.1) is 16.3 Å². The van der Waals surface area contributed by atoms with E-state index in [1.807, 2.05) is 0 Å². The third-order valence-electron chi connectivity index (χ3n) is 2.99. The maximum Gasteiger partial charge on any atom is 0.261 e. The first kappa shape index (κ1) is 18.8. The molecule has 132 valence electrons. The smallest absolute Gasteiger partial charge is 0.261 e. The van der Waals surface area contributed by atoms with Gasteiger partial charge in [0.2, 0.25) is 11.8 Å². The number of nitrogens with one attached hydrogen (secondary N) is 2. The number of benzene rings is 2. The lowest BCUT2D eigenvalue weighted by atomic mass is 10.3. The zero-order valence-electron chi connectivity index (χ0n) is 13.4. The van der Waals surface area contributed by atoms with Gasteiger partial charge < -0.3 is 11.1 Å². The molecule has 4 N–H and O–H groups in total. The van der Waals surface area contributed by atoms with Crippen LogP contribution in [0, 0.1) is 0 Å². The summed E-state index contributed by atoms with van der Waals surface area (Å²) in [6, 6.07) is 12.5. The van der Waals surface area contributed by atoms with Crippen LogP contribution >= 0.6 is 11.8 Å². The van der Waals surface area contributed by atoms with Crippen LogP contribution in [0.5, 0.6) is 0 Å². The largest absolute Gasteiger partial charge is 0.369 e. The maximum absolute atomic E-state index is 12.5. The molecule has 0 aromatic heterocycles. The van der Waals surface area contributed by atoms with Crippen molar-refractivity contribution < 1.29 is 18.0 Å². The highest BCUT2D eigenvalue weighted by molar-refractivity contribution is 8.00. The molecule has 0 atom stereocenters. The van der Waals surface area contributed by atoms with E-state index in [0.29, 0.717) is 16.3 Å². The molecule has 2 amide bonds. The van der Waals surface area contributed by atoms with Gasteiger partial charge in [0.1, 0.15) is 0 Å². The summed E-state index contributed by atoms with van der Waals surface area (Å²) in [5, 5.41) is 2.57. The number of hydrogen-bond acceptors (Lipinski definition) is 5. The van der Waals surface area contributed by atoms with E-state index in [4.69, 9.17) is 5.73 Å². The van der Waals surface area contributed by atoms with Crippen molar-refractivity contribution in [3.8, 4) is 0 Å². The molecule has 9 heteroatoms. The number of para-hydroxylation sites is 1. The fourth-order valence-electron chi connectivity index (χ4n) is 1.95. The Hall–Kier alpha value is -2.52. The standard InChI is InChI=1S/C16H17N3O4S2/c1-11(20)18-12-6-8-13(9-7-12)25(22,23)19-14-4-2-3-5-15(14)24-10-16(17)21/h2-9,19H,10H2,1H3,(H2,17,21)(H,18,20). The second-order valence-electron chi connectivity index (χ2n) is 5.06. The second-order valence-corrected chi connectivity index (χ2v) is 7.76. The Balaban J connectivity index is 2.21. The number of primary amides is 1. The highest BCUT2D eigenvalue weighted by Gasteiger charge is 2.16. The normalized spacial score (nSPS) is 10.9. The Kier molecular flexibility index (Phi) is 6.05. The predicted octanol–water partition coefficient (Wildman–Crippen LogP) is 2.02. The molecule has 2 aromatic rings. The van der Waals surface area contributed by atoms with Crippen LogP contribution in [-0.4, -0.2) is 26.0 Å². The molecule has 0 heterocycles. The van der Waals surface area contributed by atoms with Crippen LogP contribution in [0.25, 0.3) is 0 Å². The van der Waals surface area contributed by atoms with Crippen molar-refractivity contribution in [2.75, 3.05) is 15.8 Å². The van der Waals surface area contributed by atoms with Crippen molar-refractivity contribution in [3.63, 3.8) is 0 Å². The Morgan fingerprint density at radius 3 is 2.32 bits per heavy atom. The summed E-state index contributed by atoms with van der Waals surface area (Å²) in [4.78, 5) is 22.6. The van der Waals surface area contributed by atoms with Gasteiger partial charge in [0.15, 0.2) is 0 Å². The molecule has 0 saturated carbocycles. The zero-order valence-corrected chi connectivity index (χ0v) is 15.0. The van der Waals surface area contributed by atoms with E-state index in [1.165, 1.54) is 31.2 Å². The first-order valence-electron chi connectivity index (χ1n) is 7.18. The van der Waals surface area contributed by atoms with Crippen molar-refractivity contribution in [2.45, 2.75) is 16.7 Å². The van der Waals surface area contributed by atoms with Gasteiger partial charge in [0.25, 0.3) is 10.0 Å². The van der Waals surface area contributed by atoms with Crippen LogP contribution in [0.2, 0.25) is 0 Å². The Labute approximate surface area is 150 Å². The summed E-state index contributed by atoms with van der Waals surface area (Å²) in [7, 11) is -3.81. The number of rotatable bonds is 7. The fourth-order valence-corrected chi connectivity index (χ4v) is 3.84. The van der Waals surface area contributed by atoms with Gasteiger partial charge in [-0.05, 0) is 36.4 Å². The van der Waals surface area contributed by atoms with Gasteiger partial charge in [-0.3, -0.25) is 14.3 Å². The third kappa shape index (κ3) is 5.50. The van der Waals surface area contributed by atoms with Gasteiger partial charge in [-0.2, -0.15) is 0 Å². The SMILES string of the molecule is CC(=O)Nc1ccc(S(=O)(=O)Nc2ccccc2SCC(N)=O)cc1. The van der Waals surface area contributed by atoms with Gasteiger partial charge in [-0.25, -0.2) is 8.42 Å². The van der Waals surface area contributed by atoms with E-state index < -0.39 is 15.9 Å². The van der Waals surface area contributed by atoms with Crippen LogP contribution in [0.4, 0.5) is 11.4 Å². The summed E-state index contributed by atoms with van der Waals surface area (Å²) in [6.07, 6.45) is 0. The first-order chi connectivity index (χ1) is 11.8. The Bertz CT molecular complexity index is 881. The number of amides is 2. The van der Waals surface area contributed by atoms with Crippen molar-refractivity contribution in [1.29, 1.82) is 0 Å². The number of anilines is 2. The summed E-state index contributed by atoms with van der Waals surface area (Å²) < 4.78 is 27.6. The minimum atomic E-state index is -3.81. The zero-order chi connectivity index (χ0) is 18.4. The van der Waals surface area contributed by atoms with Crippen molar-refractivity contribution >= 4 is 45.0 Å². The molecule has 0 saturated heterocycles. The number of carbonyl (C=O) groups excluding carboxylic acids is 2. The monoisotopic (exact) mass is 379 g/mol. The topological polar surface area (TPSA) is 118 Å². The lowest BCUT2D eigenvalue weighted by Crippen LogP contribution is -2.15. The highest BCUT2D eigenvalue weighted by Crippen LogP contribution is 2.28. The van der Waals surface area contributed by atoms with E-state index >= 15 is 0 Å². The lowest BCUT2D eigenvalue weighted by Gasteiger charge is -2.12. The molecule has 0 aliphatic carbocycles. The van der Waals surface area contributed by atoms with Gasteiger partial charge >= 0.3 is 0 Å². The van der Waals surface area contributed by atoms with E-state index in [-0.39, 0.29) is 16.6 Å². The molecule has 7 nitrogen and oxygen atoms in total. The van der Waals surface area contributed by atoms with Crippen LogP contribution < -0.4 is 15.8 Å². The summed E-state index contributed by atoms with van der Waals surface area (Å²) in [6.45, 7) is 1.37. The predicted molar refractivity (Wildman–Crippen MR) is 97.9 cm³/mol. The molecule has 2 aromatic carbocycles. The number of thioether (sulfide) groups is 1. The molecular formula is C16H17N3O4S2. The molecule has 0 aliphatic heterocycles. The van der Waals surface area contributed by atoms with Crippen LogP contribution in [0.15, 0.2) is 58.3 Å². The number of hydrogen-bond donors (Lipinski definition) is 3. The molecule has 0 aliphatic rings. The van der Waals surface area contributed by atoms with E-state index in [0.717, 1.165) is 11.8 Å². The van der Waals surface area contributed by atoms with Crippen LogP contribution in [0.3, 0.4) is 0 Å². The minimum absolute atomic E-state index is 0.0458. The molecule has 25 heavy (non-hydrogen) atoms. The molecular weight excluding hydrogens is 362 g/mol. The Morgan fingerprint density at radius 1 is 1.08 bits per heavy atom. The second kappa shape index (κ2) is 8.04. The average molecular weight is 379 g/mol. The molecule has 0 spiro atoms. The summed E-state index contributed by atoms with van der Waals surface area (Å²) in [5.74, 6) is -0.685. The van der Waals surface area contributed by atoms with Gasteiger partial charge in [-0.15, -0.1) is 11.8 Å². The summed E-state index contributed by atoms with van der Waals surface area (Å²) >= 11 is 1.15. The number of sulfonamides is 1. The average Bonchev–Trinajstić information content (AvgIpc) is 2.53. The quantitative estimate of drug-likeness (QED) is 0.636. The van der Waals surface area contributed by atoms with Crippen molar-refractivity contribution in [1.82, 2.24) is 0 Å². The molecule has 2 rings (SSSR count). The van der Waals surface area contributed by atoms with Gasteiger partial charge in [0, 0.05) is 17.5 Å². The summed E-state index contributed by atoms with van der Waals surface area (Å²) in [5.41, 5.74) is 5.99. The van der Waals surface area contributed by atoms with E-state index in [1.54, 1.807) is 24.3 Å². The minimum Gasteiger partial charge on any atom is -0.369 e. The van der Waals surface area contributed by atoms with E-state index in [2.05, 4.69) is 10.0 Å². The first-order valence-corrected chi connectivity index (χ1v) is 9.65. The van der Waals surface area contributed by atoms with Gasteiger partial charge in [-0.1, -0.05) is 12.1 Å². The van der Waals surface area contributed by atoms with Crippen LogP contribution in [0.1, 0.15) is 6.92 Å². The number of carbonyl (C=O) groups is 2. The molecule has 0 bridgehead atoms. The van der Waals surface area contributed by atoms with Crippen molar-refractivity contribution in [3.05, 3.63) is 48.5 Å². The Morgan fingerprint density at radius 2 is 1.72 bits per heavy atom. The van der Waals surface area contributed by atoms with Crippen LogP contribution in [-0.2, 0) is 19.6 Å². The van der Waals surface area contributed by atoms with E-state index in [9.17, 15) is 18.0 Å². The maximum atomic E-state index is 12.5. The third-order valence-corrected chi connectivity index (χ3v) is 5.46. The highest BCUT2D eigenvalue weighted by atomic mass is 32.2. The van der Waals surface area contributed by atoms with Crippen molar-refractivity contribution in [2.24, 2.45) is 5.73 Å². The lowest BCUT2D eigenvalue weighted by molar-refractivity contribution is -0.116. The molecule has 0 fully saturated rings.